The van der Waals surface area contributed by atoms with Crippen molar-refractivity contribution < 1.29 is 14.7 Å². The van der Waals surface area contributed by atoms with Crippen LogP contribution in [0.3, 0.4) is 0 Å². The Balaban J connectivity index is 1.39. The largest absolute Gasteiger partial charge is 0.465 e. The van der Waals surface area contributed by atoms with Crippen molar-refractivity contribution in [3.8, 4) is 11.1 Å². The van der Waals surface area contributed by atoms with Gasteiger partial charge in [-0.1, -0.05) is 0 Å². The molecule has 1 fully saturated rings. The number of carbonyl (C=O) groups excluding carboxylic acids is 1. The number of H-pyrrole nitrogens is 1. The van der Waals surface area contributed by atoms with Gasteiger partial charge >= 0.3 is 6.09 Å². The van der Waals surface area contributed by atoms with E-state index < -0.39 is 6.09 Å². The number of carbonyl (C=O) groups is 2. The van der Waals surface area contributed by atoms with Crippen LogP contribution in [0.25, 0.3) is 22.2 Å². The summed E-state index contributed by atoms with van der Waals surface area (Å²) in [5.41, 5.74) is 9.17. The zero-order valence-electron chi connectivity index (χ0n) is 21.7. The number of hydrogen-bond acceptors (Lipinski definition) is 4. The van der Waals surface area contributed by atoms with Crippen LogP contribution in [0.15, 0.2) is 48.9 Å². The summed E-state index contributed by atoms with van der Waals surface area (Å²) in [5.74, 6) is 0.0901. The Morgan fingerprint density at radius 3 is 2.79 bits per heavy atom. The molecule has 2 amide bonds. The van der Waals surface area contributed by atoms with E-state index in [1.807, 2.05) is 36.4 Å². The maximum Gasteiger partial charge on any atom is 0.407 e. The van der Waals surface area contributed by atoms with Crippen molar-refractivity contribution in [2.24, 2.45) is 0 Å². The number of hydrogen-bond donors (Lipinski definition) is 2. The summed E-state index contributed by atoms with van der Waals surface area (Å²) >= 11 is 0. The molecule has 2 aliphatic rings. The van der Waals surface area contributed by atoms with Gasteiger partial charge in [-0.25, -0.2) is 9.78 Å². The molecule has 6 rings (SSSR count). The van der Waals surface area contributed by atoms with Crippen LogP contribution in [0.4, 0.5) is 4.79 Å². The zero-order valence-corrected chi connectivity index (χ0v) is 21.7. The van der Waals surface area contributed by atoms with Gasteiger partial charge in [-0.2, -0.15) is 0 Å². The highest BCUT2D eigenvalue weighted by Gasteiger charge is 2.34. The van der Waals surface area contributed by atoms with Crippen LogP contribution in [0.5, 0.6) is 0 Å². The second kappa shape index (κ2) is 9.59. The lowest BCUT2D eigenvalue weighted by atomic mass is 9.86. The molecule has 1 unspecified atom stereocenters. The molecule has 0 spiro atoms. The first-order chi connectivity index (χ1) is 18.4. The van der Waals surface area contributed by atoms with E-state index in [-0.39, 0.29) is 11.9 Å². The molecule has 8 nitrogen and oxygen atoms in total. The Kier molecular flexibility index (Phi) is 6.10. The molecule has 2 N–H and O–H groups in total. The quantitative estimate of drug-likeness (QED) is 0.394. The first-order valence-electron chi connectivity index (χ1n) is 13.2. The molecule has 4 aromatic rings. The lowest BCUT2D eigenvalue weighted by Gasteiger charge is -2.33. The van der Waals surface area contributed by atoms with E-state index in [2.05, 4.69) is 40.1 Å². The third kappa shape index (κ3) is 4.40. The predicted octanol–water partition coefficient (Wildman–Crippen LogP) is 5.18. The first-order valence-corrected chi connectivity index (χ1v) is 13.2. The van der Waals surface area contributed by atoms with Crippen LogP contribution in [0.2, 0.25) is 0 Å². The van der Waals surface area contributed by atoms with Gasteiger partial charge in [-0.3, -0.25) is 9.78 Å². The number of nitrogens with zero attached hydrogens (tertiary/aromatic N) is 4. The molecule has 0 aliphatic carbocycles. The second-order valence-corrected chi connectivity index (χ2v) is 10.5. The average molecular weight is 510 g/mol. The van der Waals surface area contributed by atoms with Gasteiger partial charge in [0.25, 0.3) is 0 Å². The molecule has 1 saturated heterocycles. The number of nitrogens with one attached hydrogen (secondary N) is 1. The van der Waals surface area contributed by atoms with E-state index in [0.29, 0.717) is 32.5 Å². The number of aromatic nitrogens is 3. The summed E-state index contributed by atoms with van der Waals surface area (Å²) in [4.78, 5) is 40.9. The highest BCUT2D eigenvalue weighted by atomic mass is 16.4. The van der Waals surface area contributed by atoms with Gasteiger partial charge in [0.15, 0.2) is 0 Å². The van der Waals surface area contributed by atoms with E-state index >= 15 is 0 Å². The molecular formula is C30H31N5O3. The molecule has 2 aliphatic heterocycles. The van der Waals surface area contributed by atoms with Crippen LogP contribution in [-0.2, 0) is 24.2 Å². The van der Waals surface area contributed by atoms with E-state index in [1.165, 1.54) is 5.56 Å². The number of carboxylic acid groups (broad SMARTS) is 1. The van der Waals surface area contributed by atoms with Gasteiger partial charge in [-0.05, 0) is 96.8 Å². The van der Waals surface area contributed by atoms with Gasteiger partial charge in [-0.15, -0.1) is 0 Å². The number of pyridine rings is 2. The Morgan fingerprint density at radius 2 is 1.97 bits per heavy atom. The minimum atomic E-state index is -0.877. The van der Waals surface area contributed by atoms with E-state index in [0.717, 1.165) is 62.9 Å². The lowest BCUT2D eigenvalue weighted by Crippen LogP contribution is -2.38. The Labute approximate surface area is 221 Å². The number of aromatic amines is 1. The second-order valence-electron chi connectivity index (χ2n) is 10.5. The molecule has 1 atom stereocenters. The number of benzene rings is 1. The molecule has 5 heterocycles. The number of likely N-dealkylation sites (tertiary alicyclic amines) is 1. The molecule has 0 saturated carbocycles. The summed E-state index contributed by atoms with van der Waals surface area (Å²) in [6, 6.07) is 10.1. The summed E-state index contributed by atoms with van der Waals surface area (Å²) in [6.07, 6.45) is 7.40. The van der Waals surface area contributed by atoms with Crippen LogP contribution >= 0.6 is 0 Å². The molecule has 194 valence electrons. The summed E-state index contributed by atoms with van der Waals surface area (Å²) in [5, 5.41) is 11.0. The van der Waals surface area contributed by atoms with Crippen molar-refractivity contribution in [3.05, 3.63) is 82.4 Å². The number of amides is 2. The van der Waals surface area contributed by atoms with E-state index in [4.69, 9.17) is 0 Å². The van der Waals surface area contributed by atoms with Crippen molar-refractivity contribution in [3.63, 3.8) is 0 Å². The van der Waals surface area contributed by atoms with Gasteiger partial charge in [0.2, 0.25) is 5.91 Å². The smallest absolute Gasteiger partial charge is 0.407 e. The third-order valence-corrected chi connectivity index (χ3v) is 7.97. The normalized spacial score (nSPS) is 17.2. The highest BCUT2D eigenvalue weighted by molar-refractivity contribution is 5.85. The van der Waals surface area contributed by atoms with Crippen LogP contribution in [0.1, 0.15) is 52.4 Å². The Bertz CT molecular complexity index is 1560. The average Bonchev–Trinajstić information content (AvgIpc) is 3.55. The molecular weight excluding hydrogens is 478 g/mol. The first kappa shape index (κ1) is 24.2. The van der Waals surface area contributed by atoms with Crippen molar-refractivity contribution in [1.82, 2.24) is 24.8 Å². The van der Waals surface area contributed by atoms with Crippen molar-refractivity contribution in [2.45, 2.75) is 52.1 Å². The van der Waals surface area contributed by atoms with Gasteiger partial charge in [0, 0.05) is 54.9 Å². The fourth-order valence-electron chi connectivity index (χ4n) is 6.02. The predicted molar refractivity (Wildman–Crippen MR) is 145 cm³/mol. The van der Waals surface area contributed by atoms with Gasteiger partial charge < -0.3 is 19.9 Å². The van der Waals surface area contributed by atoms with Crippen LogP contribution in [-0.4, -0.2) is 54.9 Å². The summed E-state index contributed by atoms with van der Waals surface area (Å²) < 4.78 is 0. The van der Waals surface area contributed by atoms with E-state index in [9.17, 15) is 14.7 Å². The summed E-state index contributed by atoms with van der Waals surface area (Å²) in [6.45, 7) is 5.67. The third-order valence-electron chi connectivity index (χ3n) is 7.97. The highest BCUT2D eigenvalue weighted by Crippen LogP contribution is 2.40. The standard InChI is InChI=1S/C30H31N5O3/c1-18-15-32-29-25(18)14-22(16-33-29)21-12-23-17-34(28(36)11-20-5-7-31-19(2)10-20)9-6-24(23)26(13-21)27-4-3-8-35(27)30(37)38/h5,7,10,12-16,27H,3-4,6,8-9,11,17H2,1-2H3,(H,32,33)(H,37,38). The molecule has 38 heavy (non-hydrogen) atoms. The molecule has 0 radical (unpaired) electrons. The van der Waals surface area contributed by atoms with Gasteiger partial charge in [0.1, 0.15) is 5.65 Å². The van der Waals surface area contributed by atoms with Crippen LogP contribution in [0, 0.1) is 13.8 Å². The topological polar surface area (TPSA) is 102 Å². The maximum absolute atomic E-state index is 13.3. The minimum Gasteiger partial charge on any atom is -0.465 e. The molecule has 0 bridgehead atoms. The van der Waals surface area contributed by atoms with E-state index in [1.54, 1.807) is 11.1 Å². The molecule has 3 aromatic heterocycles. The molecule has 1 aromatic carbocycles. The number of fused-ring (bicyclic) bond motifs is 2. The summed E-state index contributed by atoms with van der Waals surface area (Å²) in [7, 11) is 0. The van der Waals surface area contributed by atoms with Crippen molar-refractivity contribution in [2.75, 3.05) is 13.1 Å². The fourth-order valence-corrected chi connectivity index (χ4v) is 6.02. The Hall–Kier alpha value is -4.20. The zero-order chi connectivity index (χ0) is 26.4. The van der Waals surface area contributed by atoms with Crippen molar-refractivity contribution in [1.29, 1.82) is 0 Å². The van der Waals surface area contributed by atoms with Crippen molar-refractivity contribution >= 4 is 23.0 Å². The Morgan fingerprint density at radius 1 is 1.11 bits per heavy atom. The maximum atomic E-state index is 13.3. The fraction of sp³-hybridized carbons (Fsp3) is 0.333. The van der Waals surface area contributed by atoms with Crippen LogP contribution < -0.4 is 0 Å². The monoisotopic (exact) mass is 509 g/mol. The number of aryl methyl sites for hydroxylation is 2. The molecule has 8 heteroatoms. The minimum absolute atomic E-state index is 0.0901. The number of rotatable bonds is 4. The van der Waals surface area contributed by atoms with Gasteiger partial charge in [0.05, 0.1) is 12.5 Å². The SMILES string of the molecule is Cc1cc(CC(=O)N2CCc3c(cc(-c4cnc5[nH]cc(C)c5c4)cc3C3CCCN3C(=O)O)C2)ccn1. The lowest BCUT2D eigenvalue weighted by molar-refractivity contribution is -0.131.